The molecular weight excluding hydrogens is 560 g/mol. The van der Waals surface area contributed by atoms with Gasteiger partial charge in [-0.3, -0.25) is 4.79 Å². The molecule has 7 nitrogen and oxygen atoms in total. The minimum atomic E-state index is -0.272. The number of carbonyl (C=O) groups excluding carboxylic acids is 2. The van der Waals surface area contributed by atoms with Crippen molar-refractivity contribution in [2.24, 2.45) is 5.92 Å². The molecule has 0 saturated heterocycles. The quantitative estimate of drug-likeness (QED) is 0.178. The van der Waals surface area contributed by atoms with E-state index in [9.17, 15) is 9.59 Å². The molecule has 0 aliphatic rings. The predicted octanol–water partition coefficient (Wildman–Crippen LogP) is 7.99. The lowest BCUT2D eigenvalue weighted by atomic mass is 9.93. The summed E-state index contributed by atoms with van der Waals surface area (Å²) in [6.45, 7) is 15.2. The lowest BCUT2D eigenvalue weighted by Gasteiger charge is -2.30. The van der Waals surface area contributed by atoms with Crippen LogP contribution in [0.2, 0.25) is 5.02 Å². The van der Waals surface area contributed by atoms with E-state index < -0.39 is 0 Å². The summed E-state index contributed by atoms with van der Waals surface area (Å²) in [5, 5.41) is 3.92. The van der Waals surface area contributed by atoms with Gasteiger partial charge in [0.25, 0.3) is 0 Å². The molecular formula is C35H49ClN4O3. The highest BCUT2D eigenvalue weighted by Crippen LogP contribution is 2.32. The smallest absolute Gasteiger partial charge is 0.322 e. The molecule has 1 heterocycles. The fraction of sp³-hybridized carbons (Fsp3) is 0.486. The summed E-state index contributed by atoms with van der Waals surface area (Å²) in [6, 6.07) is 17.7. The van der Waals surface area contributed by atoms with Gasteiger partial charge in [0.05, 0.1) is 6.54 Å². The second-order valence-corrected chi connectivity index (χ2v) is 12.6. The number of hydrogen-bond acceptors (Lipinski definition) is 3. The Morgan fingerprint density at radius 1 is 0.907 bits per heavy atom. The van der Waals surface area contributed by atoms with Crippen LogP contribution in [0.4, 0.5) is 10.5 Å². The Bertz CT molecular complexity index is 1310. The maximum Gasteiger partial charge on any atom is 0.322 e. The molecule has 0 radical (unpaired) electrons. The van der Waals surface area contributed by atoms with Crippen molar-refractivity contribution in [3.05, 3.63) is 88.2 Å². The van der Waals surface area contributed by atoms with Crippen molar-refractivity contribution in [1.82, 2.24) is 14.4 Å². The van der Waals surface area contributed by atoms with Crippen molar-refractivity contribution >= 4 is 29.2 Å². The molecule has 3 aromatic rings. The molecule has 1 aromatic heterocycles. The van der Waals surface area contributed by atoms with Gasteiger partial charge in [-0.05, 0) is 59.1 Å². The summed E-state index contributed by atoms with van der Waals surface area (Å²) < 4.78 is 7.40. The first-order chi connectivity index (χ1) is 20.5. The van der Waals surface area contributed by atoms with Crippen LogP contribution in [0.3, 0.4) is 0 Å². The maximum atomic E-state index is 13.9. The Balaban J connectivity index is 1.84. The molecule has 3 amide bonds. The Morgan fingerprint density at radius 3 is 2.19 bits per heavy atom. The van der Waals surface area contributed by atoms with E-state index in [2.05, 4.69) is 63.6 Å². The van der Waals surface area contributed by atoms with Crippen LogP contribution in [0.25, 0.3) is 0 Å². The van der Waals surface area contributed by atoms with Crippen LogP contribution < -0.4 is 5.32 Å². The minimum absolute atomic E-state index is 0.0195. The molecule has 0 aliphatic heterocycles. The van der Waals surface area contributed by atoms with Gasteiger partial charge in [-0.15, -0.1) is 0 Å². The van der Waals surface area contributed by atoms with E-state index in [0.717, 1.165) is 33.1 Å². The van der Waals surface area contributed by atoms with Crippen molar-refractivity contribution in [2.45, 2.75) is 72.9 Å². The van der Waals surface area contributed by atoms with Gasteiger partial charge in [0.1, 0.15) is 6.54 Å². The lowest BCUT2D eigenvalue weighted by Crippen LogP contribution is -2.46. The number of benzene rings is 2. The molecule has 2 aromatic carbocycles. The van der Waals surface area contributed by atoms with E-state index in [0.29, 0.717) is 39.2 Å². The summed E-state index contributed by atoms with van der Waals surface area (Å²) in [5.74, 6) is 0.647. The molecule has 234 valence electrons. The number of methoxy groups -OCH3 is 1. The summed E-state index contributed by atoms with van der Waals surface area (Å²) in [5.41, 5.74) is 5.05. The number of rotatable bonds is 15. The lowest BCUT2D eigenvalue weighted by molar-refractivity contribution is -0.133. The molecule has 43 heavy (non-hydrogen) atoms. The minimum Gasteiger partial charge on any atom is -0.385 e. The third-order valence-corrected chi connectivity index (χ3v) is 7.88. The Hall–Kier alpha value is -3.29. The van der Waals surface area contributed by atoms with Gasteiger partial charge in [-0.2, -0.15) is 0 Å². The number of anilines is 1. The molecule has 1 N–H and O–H groups in total. The first kappa shape index (κ1) is 34.2. The van der Waals surface area contributed by atoms with Gasteiger partial charge >= 0.3 is 6.03 Å². The van der Waals surface area contributed by atoms with Gasteiger partial charge < -0.3 is 24.4 Å². The number of para-hydroxylation sites is 1. The van der Waals surface area contributed by atoms with Gasteiger partial charge in [0.2, 0.25) is 5.91 Å². The fourth-order valence-corrected chi connectivity index (χ4v) is 5.44. The number of ether oxygens (including phenoxy) is 1. The zero-order valence-electron chi connectivity index (χ0n) is 26.9. The second kappa shape index (κ2) is 16.5. The molecule has 0 fully saturated rings. The number of carbonyl (C=O) groups is 2. The number of halogens is 1. The van der Waals surface area contributed by atoms with E-state index in [1.54, 1.807) is 12.0 Å². The second-order valence-electron chi connectivity index (χ2n) is 12.2. The third kappa shape index (κ3) is 9.87. The number of hydrogen-bond donors (Lipinski definition) is 1. The topological polar surface area (TPSA) is 66.8 Å². The molecule has 0 spiro atoms. The zero-order chi connectivity index (χ0) is 31.5. The normalized spacial score (nSPS) is 11.4. The van der Waals surface area contributed by atoms with Crippen molar-refractivity contribution in [3.63, 3.8) is 0 Å². The summed E-state index contributed by atoms with van der Waals surface area (Å²) in [4.78, 5) is 31.2. The van der Waals surface area contributed by atoms with Crippen LogP contribution >= 0.6 is 11.6 Å². The summed E-state index contributed by atoms with van der Waals surface area (Å²) in [6.07, 6.45) is 2.64. The third-order valence-electron chi connectivity index (χ3n) is 7.51. The van der Waals surface area contributed by atoms with E-state index in [-0.39, 0.29) is 36.2 Å². The van der Waals surface area contributed by atoms with E-state index in [4.69, 9.17) is 16.3 Å². The molecule has 0 aliphatic carbocycles. The van der Waals surface area contributed by atoms with Gasteiger partial charge in [-0.25, -0.2) is 4.79 Å². The molecule has 0 saturated carbocycles. The van der Waals surface area contributed by atoms with Gasteiger partial charge in [-0.1, -0.05) is 89.5 Å². The Labute approximate surface area is 263 Å². The van der Waals surface area contributed by atoms with Crippen LogP contribution in [0.15, 0.2) is 60.8 Å². The van der Waals surface area contributed by atoms with Crippen molar-refractivity contribution in [3.8, 4) is 0 Å². The molecule has 0 unspecified atom stereocenters. The average molecular weight is 609 g/mol. The number of aromatic nitrogens is 1. The van der Waals surface area contributed by atoms with Crippen LogP contribution in [0.5, 0.6) is 0 Å². The maximum absolute atomic E-state index is 13.9. The first-order valence-corrected chi connectivity index (χ1v) is 15.7. The highest BCUT2D eigenvalue weighted by Gasteiger charge is 2.25. The van der Waals surface area contributed by atoms with Crippen LogP contribution in [0, 0.1) is 5.92 Å². The van der Waals surface area contributed by atoms with Gasteiger partial charge in [0, 0.05) is 56.0 Å². The highest BCUT2D eigenvalue weighted by molar-refractivity contribution is 6.31. The highest BCUT2D eigenvalue weighted by atomic mass is 35.5. The van der Waals surface area contributed by atoms with Crippen LogP contribution in [-0.2, 0) is 22.6 Å². The van der Waals surface area contributed by atoms with Crippen molar-refractivity contribution in [2.75, 3.05) is 38.7 Å². The van der Waals surface area contributed by atoms with Crippen LogP contribution in [0.1, 0.15) is 82.2 Å². The zero-order valence-corrected chi connectivity index (χ0v) is 27.7. The summed E-state index contributed by atoms with van der Waals surface area (Å²) >= 11 is 6.44. The predicted molar refractivity (Wildman–Crippen MR) is 177 cm³/mol. The van der Waals surface area contributed by atoms with Crippen molar-refractivity contribution in [1.29, 1.82) is 0 Å². The van der Waals surface area contributed by atoms with E-state index >= 15 is 0 Å². The van der Waals surface area contributed by atoms with Gasteiger partial charge in [0.15, 0.2) is 0 Å². The number of amides is 3. The van der Waals surface area contributed by atoms with E-state index in [1.807, 2.05) is 53.6 Å². The van der Waals surface area contributed by atoms with Crippen LogP contribution in [-0.4, -0.2) is 59.7 Å². The van der Waals surface area contributed by atoms with E-state index in [1.165, 1.54) is 0 Å². The number of nitrogens with zero attached hydrogens (tertiary/aromatic N) is 3. The largest absolute Gasteiger partial charge is 0.385 e. The fourth-order valence-electron chi connectivity index (χ4n) is 5.25. The first-order valence-electron chi connectivity index (χ1n) is 15.3. The van der Waals surface area contributed by atoms with Crippen molar-refractivity contribution < 1.29 is 14.3 Å². The molecule has 3 rings (SSSR count). The number of urea groups is 1. The summed E-state index contributed by atoms with van der Waals surface area (Å²) in [7, 11) is 1.64. The standard InChI is InChI=1S/C35H49ClN4O3/c1-25(2)21-40(23-29-14-11-18-38(29)22-28-13-8-9-17-32(28)36)33(41)24-39(19-12-20-43-7)35(42)37-34-30(26(3)4)15-10-16-31(34)27(5)6/h8-11,13-18,25-27H,12,19-24H2,1-7H3,(H,37,42). The number of nitrogens with one attached hydrogen (secondary N) is 1. The molecule has 8 heteroatoms. The monoisotopic (exact) mass is 608 g/mol. The molecule has 0 atom stereocenters. The Morgan fingerprint density at radius 2 is 1.58 bits per heavy atom. The molecule has 0 bridgehead atoms. The SMILES string of the molecule is COCCCN(CC(=O)N(Cc1cccn1Cc1ccccc1Cl)CC(C)C)C(=O)Nc1c(C(C)C)cccc1C(C)C. The Kier molecular flexibility index (Phi) is 13.1. The average Bonchev–Trinajstić information content (AvgIpc) is 3.39.